The maximum absolute atomic E-state index is 8.45. The molecule has 1 saturated carbocycles. The molecule has 0 amide bonds. The number of hydrogen-bond donors (Lipinski definition) is 3. The Morgan fingerprint density at radius 3 is 2.88 bits per heavy atom. The zero-order valence-corrected chi connectivity index (χ0v) is 14.1. The summed E-state index contributed by atoms with van der Waals surface area (Å²) in [6.07, 6.45) is 12.0. The summed E-state index contributed by atoms with van der Waals surface area (Å²) in [5, 5.41) is 15.2. The average molecular weight is 327 g/mol. The van der Waals surface area contributed by atoms with E-state index in [4.69, 9.17) is 9.83 Å². The van der Waals surface area contributed by atoms with E-state index in [2.05, 4.69) is 27.5 Å². The van der Waals surface area contributed by atoms with Crippen molar-refractivity contribution in [2.24, 2.45) is 0 Å². The molecule has 2 heterocycles. The Kier molecular flexibility index (Phi) is 5.46. The van der Waals surface area contributed by atoms with Crippen molar-refractivity contribution < 1.29 is 4.42 Å². The third-order valence-electron chi connectivity index (χ3n) is 4.35. The van der Waals surface area contributed by atoms with Crippen molar-refractivity contribution in [3.8, 4) is 0 Å². The number of aromatic nitrogens is 2. The molecule has 0 unspecified atom stereocenters. The molecule has 6 heteroatoms. The van der Waals surface area contributed by atoms with Crippen LogP contribution in [0.5, 0.6) is 0 Å². The van der Waals surface area contributed by atoms with Crippen molar-refractivity contribution in [1.29, 1.82) is 5.41 Å². The number of nitrogens with zero attached hydrogens (tertiary/aromatic N) is 2. The molecule has 2 aromatic heterocycles. The van der Waals surface area contributed by atoms with Crippen LogP contribution in [0.3, 0.4) is 0 Å². The zero-order chi connectivity index (χ0) is 16.8. The van der Waals surface area contributed by atoms with Gasteiger partial charge in [0, 0.05) is 24.3 Å². The molecule has 3 N–H and O–H groups in total. The molecule has 0 aliphatic heterocycles. The van der Waals surface area contributed by atoms with Crippen molar-refractivity contribution in [2.75, 3.05) is 17.2 Å². The summed E-state index contributed by atoms with van der Waals surface area (Å²) in [5.74, 6) is 1.35. The first-order chi connectivity index (χ1) is 11.8. The molecular weight excluding hydrogens is 302 g/mol. The number of hydrogen-bond acceptors (Lipinski definition) is 6. The summed E-state index contributed by atoms with van der Waals surface area (Å²) < 4.78 is 5.11. The Morgan fingerprint density at radius 1 is 1.33 bits per heavy atom. The lowest BCUT2D eigenvalue weighted by molar-refractivity contribution is 0.462. The van der Waals surface area contributed by atoms with E-state index < -0.39 is 0 Å². The number of anilines is 2. The minimum atomic E-state index is 0.379. The lowest BCUT2D eigenvalue weighted by atomic mass is 9.95. The fourth-order valence-electron chi connectivity index (χ4n) is 3.00. The molecule has 2 aromatic rings. The molecule has 0 radical (unpaired) electrons. The average Bonchev–Trinajstić information content (AvgIpc) is 3.15. The summed E-state index contributed by atoms with van der Waals surface area (Å²) in [6.45, 7) is 2.94. The molecule has 0 aromatic carbocycles. The summed E-state index contributed by atoms with van der Waals surface area (Å²) in [6, 6.07) is 2.21. The monoisotopic (exact) mass is 327 g/mol. The largest absolute Gasteiger partial charge is 0.472 e. The van der Waals surface area contributed by atoms with Crippen LogP contribution in [0.4, 0.5) is 11.8 Å². The Morgan fingerprint density at radius 2 is 2.17 bits per heavy atom. The number of nitrogens with one attached hydrogen (secondary N) is 3. The van der Waals surface area contributed by atoms with Crippen molar-refractivity contribution in [2.45, 2.75) is 51.5 Å². The highest BCUT2D eigenvalue weighted by atomic mass is 16.3. The first kappa shape index (κ1) is 16.5. The van der Waals surface area contributed by atoms with E-state index in [1.54, 1.807) is 24.8 Å². The van der Waals surface area contributed by atoms with Gasteiger partial charge in [-0.3, -0.25) is 5.41 Å². The molecule has 1 aliphatic carbocycles. The number of rotatable bonds is 7. The lowest BCUT2D eigenvalue weighted by Gasteiger charge is -2.24. The van der Waals surface area contributed by atoms with Gasteiger partial charge < -0.3 is 15.1 Å². The topological polar surface area (TPSA) is 86.8 Å². The van der Waals surface area contributed by atoms with Gasteiger partial charge in [0.05, 0.1) is 23.8 Å². The van der Waals surface area contributed by atoms with E-state index in [0.29, 0.717) is 23.3 Å². The van der Waals surface area contributed by atoms with E-state index >= 15 is 0 Å². The normalized spacial score (nSPS) is 15.2. The van der Waals surface area contributed by atoms with E-state index in [1.165, 1.54) is 19.3 Å². The van der Waals surface area contributed by atoms with Crippen molar-refractivity contribution in [1.82, 2.24) is 9.97 Å². The fraction of sp³-hybridized carbons (Fsp3) is 0.500. The molecule has 1 aliphatic rings. The zero-order valence-electron chi connectivity index (χ0n) is 14.1. The molecule has 0 spiro atoms. The van der Waals surface area contributed by atoms with Crippen LogP contribution < -0.4 is 10.6 Å². The molecule has 0 bridgehead atoms. The van der Waals surface area contributed by atoms with E-state index in [0.717, 1.165) is 37.2 Å². The Balaban J connectivity index is 1.86. The van der Waals surface area contributed by atoms with Crippen LogP contribution in [-0.2, 0) is 0 Å². The third-order valence-corrected chi connectivity index (χ3v) is 4.35. The SMILES string of the molecule is CCCNc1ncc(C(=N)c2ccoc2)c(NC2CCCCC2)n1. The maximum atomic E-state index is 8.45. The minimum Gasteiger partial charge on any atom is -0.472 e. The van der Waals surface area contributed by atoms with E-state index in [1.807, 2.05) is 0 Å². The minimum absolute atomic E-state index is 0.379. The van der Waals surface area contributed by atoms with E-state index in [9.17, 15) is 0 Å². The summed E-state index contributed by atoms with van der Waals surface area (Å²) in [5.41, 5.74) is 1.83. The van der Waals surface area contributed by atoms with Gasteiger partial charge in [0.1, 0.15) is 5.82 Å². The molecule has 1 fully saturated rings. The van der Waals surface area contributed by atoms with Crippen LogP contribution >= 0.6 is 0 Å². The summed E-state index contributed by atoms with van der Waals surface area (Å²) >= 11 is 0. The van der Waals surface area contributed by atoms with Gasteiger partial charge in [-0.1, -0.05) is 26.2 Å². The van der Waals surface area contributed by atoms with Crippen LogP contribution in [0.2, 0.25) is 0 Å². The molecule has 0 atom stereocenters. The molecule has 24 heavy (non-hydrogen) atoms. The van der Waals surface area contributed by atoms with Crippen molar-refractivity contribution in [3.05, 3.63) is 35.9 Å². The second-order valence-corrected chi connectivity index (χ2v) is 6.25. The van der Waals surface area contributed by atoms with Crippen LogP contribution in [-0.4, -0.2) is 28.3 Å². The highest BCUT2D eigenvalue weighted by molar-refractivity contribution is 6.13. The predicted molar refractivity (Wildman–Crippen MR) is 95.9 cm³/mol. The van der Waals surface area contributed by atoms with Gasteiger partial charge in [0.15, 0.2) is 0 Å². The van der Waals surface area contributed by atoms with Gasteiger partial charge in [0.25, 0.3) is 0 Å². The van der Waals surface area contributed by atoms with Crippen LogP contribution in [0.15, 0.2) is 29.2 Å². The second kappa shape index (κ2) is 7.95. The van der Waals surface area contributed by atoms with Gasteiger partial charge in [-0.05, 0) is 25.3 Å². The first-order valence-electron chi connectivity index (χ1n) is 8.77. The van der Waals surface area contributed by atoms with Crippen molar-refractivity contribution in [3.63, 3.8) is 0 Å². The molecule has 6 nitrogen and oxygen atoms in total. The van der Waals surface area contributed by atoms with Gasteiger partial charge in [-0.15, -0.1) is 0 Å². The van der Waals surface area contributed by atoms with Gasteiger partial charge >= 0.3 is 0 Å². The van der Waals surface area contributed by atoms with Crippen LogP contribution in [0, 0.1) is 5.41 Å². The van der Waals surface area contributed by atoms with Gasteiger partial charge in [-0.25, -0.2) is 4.98 Å². The lowest BCUT2D eigenvalue weighted by Crippen LogP contribution is -2.25. The molecule has 3 rings (SSSR count). The standard InChI is InChI=1S/C18H25N5O/c1-2-9-20-18-21-11-15(16(19)13-8-10-24-12-13)17(23-18)22-14-6-4-3-5-7-14/h8,10-12,14,19H,2-7,9H2,1H3,(H2,20,21,22,23). The van der Waals surface area contributed by atoms with E-state index in [-0.39, 0.29) is 0 Å². The summed E-state index contributed by atoms with van der Waals surface area (Å²) in [4.78, 5) is 9.00. The quantitative estimate of drug-likeness (QED) is 0.668. The smallest absolute Gasteiger partial charge is 0.224 e. The third kappa shape index (κ3) is 3.93. The second-order valence-electron chi connectivity index (χ2n) is 6.25. The summed E-state index contributed by atoms with van der Waals surface area (Å²) in [7, 11) is 0. The van der Waals surface area contributed by atoms with Crippen LogP contribution in [0.1, 0.15) is 56.6 Å². The predicted octanol–water partition coefficient (Wildman–Crippen LogP) is 4.05. The molecule has 0 saturated heterocycles. The Bertz CT molecular complexity index is 662. The van der Waals surface area contributed by atoms with Crippen LogP contribution in [0.25, 0.3) is 0 Å². The maximum Gasteiger partial charge on any atom is 0.224 e. The Labute approximate surface area is 142 Å². The first-order valence-corrected chi connectivity index (χ1v) is 8.77. The highest BCUT2D eigenvalue weighted by Gasteiger charge is 2.19. The highest BCUT2D eigenvalue weighted by Crippen LogP contribution is 2.24. The number of furan rings is 1. The molecule has 128 valence electrons. The molecular formula is C18H25N5O. The van der Waals surface area contributed by atoms with Gasteiger partial charge in [0.2, 0.25) is 5.95 Å². The Hall–Kier alpha value is -2.37. The fourth-order valence-corrected chi connectivity index (χ4v) is 3.00. The van der Waals surface area contributed by atoms with Gasteiger partial charge in [-0.2, -0.15) is 4.98 Å². The van der Waals surface area contributed by atoms with Crippen molar-refractivity contribution >= 4 is 17.5 Å².